The molecule has 1 aromatic carbocycles. The molecule has 0 fully saturated rings. The van der Waals surface area contributed by atoms with E-state index in [4.69, 9.17) is 10.2 Å². The molecule has 1 aromatic rings. The van der Waals surface area contributed by atoms with Gasteiger partial charge < -0.3 is 15.1 Å². The molecule has 0 aromatic heterocycles. The number of aryl methyl sites for hydroxylation is 2. The number of aliphatic hydroxyl groups is 2. The Kier molecular flexibility index (Phi) is 4.12. The van der Waals surface area contributed by atoms with Crippen LogP contribution in [0.3, 0.4) is 0 Å². The summed E-state index contributed by atoms with van der Waals surface area (Å²) in [6, 6.07) is 5.94. The Balaban J connectivity index is 2.98. The van der Waals surface area contributed by atoms with Crippen LogP contribution in [0, 0.1) is 13.8 Å². The Morgan fingerprint density at radius 1 is 1.20 bits per heavy atom. The molecule has 0 amide bonds. The van der Waals surface area contributed by atoms with E-state index in [1.807, 2.05) is 31.9 Å². The lowest BCUT2D eigenvalue weighted by atomic mass is 10.1. The Bertz CT molecular complexity index is 321. The van der Waals surface area contributed by atoms with E-state index in [0.29, 0.717) is 0 Å². The predicted octanol–water partition coefficient (Wildman–Crippen LogP) is 1.09. The van der Waals surface area contributed by atoms with Crippen LogP contribution in [0.25, 0.3) is 0 Å². The molecule has 0 saturated heterocycles. The van der Waals surface area contributed by atoms with Crippen molar-refractivity contribution in [3.05, 3.63) is 29.3 Å². The Hall–Kier alpha value is -1.06. The number of anilines is 1. The molecule has 0 aliphatic heterocycles. The standard InChI is InChI=1S/C12H19NO2/c1-9-4-5-10(2)12(6-9)13(3)11(7-14)8-15/h4-6,11,14-15H,7-8H2,1-3H3. The quantitative estimate of drug-likeness (QED) is 0.780. The molecule has 0 heterocycles. The summed E-state index contributed by atoms with van der Waals surface area (Å²) in [5.74, 6) is 0. The molecular formula is C12H19NO2. The molecule has 2 N–H and O–H groups in total. The lowest BCUT2D eigenvalue weighted by molar-refractivity contribution is 0.190. The van der Waals surface area contributed by atoms with Crippen LogP contribution in [0.1, 0.15) is 11.1 Å². The maximum atomic E-state index is 9.12. The summed E-state index contributed by atoms with van der Waals surface area (Å²) >= 11 is 0. The zero-order valence-electron chi connectivity index (χ0n) is 9.57. The second-order valence-corrected chi connectivity index (χ2v) is 3.92. The zero-order chi connectivity index (χ0) is 11.4. The predicted molar refractivity (Wildman–Crippen MR) is 62.3 cm³/mol. The third kappa shape index (κ3) is 2.70. The third-order valence-electron chi connectivity index (χ3n) is 2.71. The van der Waals surface area contributed by atoms with Crippen molar-refractivity contribution >= 4 is 5.69 Å². The lowest BCUT2D eigenvalue weighted by Gasteiger charge is -2.28. The summed E-state index contributed by atoms with van der Waals surface area (Å²) in [5.41, 5.74) is 3.38. The van der Waals surface area contributed by atoms with Crippen LogP contribution in [-0.2, 0) is 0 Å². The number of rotatable bonds is 4. The Labute approximate surface area is 91.0 Å². The van der Waals surface area contributed by atoms with Crippen LogP contribution >= 0.6 is 0 Å². The number of hydrogen-bond acceptors (Lipinski definition) is 3. The zero-order valence-corrected chi connectivity index (χ0v) is 9.57. The van der Waals surface area contributed by atoms with E-state index in [9.17, 15) is 0 Å². The molecule has 0 unspecified atom stereocenters. The van der Waals surface area contributed by atoms with Gasteiger partial charge in [-0.2, -0.15) is 0 Å². The minimum atomic E-state index is -0.231. The van der Waals surface area contributed by atoms with Gasteiger partial charge >= 0.3 is 0 Å². The van der Waals surface area contributed by atoms with Gasteiger partial charge in [0.15, 0.2) is 0 Å². The van der Waals surface area contributed by atoms with Crippen molar-refractivity contribution in [2.75, 3.05) is 25.2 Å². The van der Waals surface area contributed by atoms with Gasteiger partial charge in [0.1, 0.15) is 0 Å². The first-order chi connectivity index (χ1) is 7.10. The van der Waals surface area contributed by atoms with Gasteiger partial charge in [-0.15, -0.1) is 0 Å². The summed E-state index contributed by atoms with van der Waals surface area (Å²) in [5, 5.41) is 18.2. The monoisotopic (exact) mass is 209 g/mol. The van der Waals surface area contributed by atoms with E-state index in [0.717, 1.165) is 11.3 Å². The molecule has 15 heavy (non-hydrogen) atoms. The molecule has 0 saturated carbocycles. The smallest absolute Gasteiger partial charge is 0.0748 e. The highest BCUT2D eigenvalue weighted by Crippen LogP contribution is 2.21. The number of aliphatic hydroxyl groups excluding tert-OH is 2. The van der Waals surface area contributed by atoms with Gasteiger partial charge in [0, 0.05) is 12.7 Å². The van der Waals surface area contributed by atoms with E-state index in [1.165, 1.54) is 5.56 Å². The molecule has 3 heteroatoms. The van der Waals surface area contributed by atoms with Crippen molar-refractivity contribution in [2.24, 2.45) is 0 Å². The van der Waals surface area contributed by atoms with Gasteiger partial charge in [-0.25, -0.2) is 0 Å². The van der Waals surface area contributed by atoms with Crippen LogP contribution < -0.4 is 4.90 Å². The molecule has 0 radical (unpaired) electrons. The molecule has 0 aliphatic carbocycles. The number of benzene rings is 1. The van der Waals surface area contributed by atoms with E-state index < -0.39 is 0 Å². The van der Waals surface area contributed by atoms with E-state index in [2.05, 4.69) is 12.1 Å². The lowest BCUT2D eigenvalue weighted by Crippen LogP contribution is -2.38. The highest BCUT2D eigenvalue weighted by Gasteiger charge is 2.14. The Morgan fingerprint density at radius 2 is 1.80 bits per heavy atom. The second kappa shape index (κ2) is 5.14. The number of hydrogen-bond donors (Lipinski definition) is 2. The molecule has 3 nitrogen and oxygen atoms in total. The molecule has 0 bridgehead atoms. The van der Waals surface area contributed by atoms with Crippen LogP contribution in [0.4, 0.5) is 5.69 Å². The van der Waals surface area contributed by atoms with Gasteiger partial charge in [-0.3, -0.25) is 0 Å². The summed E-state index contributed by atoms with van der Waals surface area (Å²) in [6.07, 6.45) is 0. The molecule has 0 spiro atoms. The minimum absolute atomic E-state index is 0.0413. The maximum absolute atomic E-state index is 9.12. The molecule has 0 aliphatic rings. The fraction of sp³-hybridized carbons (Fsp3) is 0.500. The van der Waals surface area contributed by atoms with Crippen LogP contribution in [0.2, 0.25) is 0 Å². The normalized spacial score (nSPS) is 10.8. The highest BCUT2D eigenvalue weighted by atomic mass is 16.3. The van der Waals surface area contributed by atoms with Crippen molar-refractivity contribution in [1.82, 2.24) is 0 Å². The van der Waals surface area contributed by atoms with Gasteiger partial charge in [-0.05, 0) is 31.0 Å². The molecule has 84 valence electrons. The first kappa shape index (κ1) is 12.0. The second-order valence-electron chi connectivity index (χ2n) is 3.92. The summed E-state index contributed by atoms with van der Waals surface area (Å²) in [7, 11) is 1.89. The highest BCUT2D eigenvalue weighted by molar-refractivity contribution is 5.55. The third-order valence-corrected chi connectivity index (χ3v) is 2.71. The van der Waals surface area contributed by atoms with Gasteiger partial charge in [0.2, 0.25) is 0 Å². The van der Waals surface area contributed by atoms with Gasteiger partial charge in [0.25, 0.3) is 0 Å². The summed E-state index contributed by atoms with van der Waals surface area (Å²) in [4.78, 5) is 1.92. The SMILES string of the molecule is Cc1ccc(C)c(N(C)C(CO)CO)c1. The van der Waals surface area contributed by atoms with Gasteiger partial charge in [-0.1, -0.05) is 12.1 Å². The average Bonchev–Trinajstić information content (AvgIpc) is 2.23. The topological polar surface area (TPSA) is 43.7 Å². The van der Waals surface area contributed by atoms with Crippen LogP contribution in [0.15, 0.2) is 18.2 Å². The van der Waals surface area contributed by atoms with Crippen molar-refractivity contribution in [1.29, 1.82) is 0 Å². The largest absolute Gasteiger partial charge is 0.394 e. The van der Waals surface area contributed by atoms with Crippen molar-refractivity contribution < 1.29 is 10.2 Å². The van der Waals surface area contributed by atoms with Crippen LogP contribution in [-0.4, -0.2) is 36.5 Å². The number of nitrogens with zero attached hydrogens (tertiary/aromatic N) is 1. The van der Waals surface area contributed by atoms with Crippen LogP contribution in [0.5, 0.6) is 0 Å². The van der Waals surface area contributed by atoms with E-state index in [-0.39, 0.29) is 19.3 Å². The molecular weight excluding hydrogens is 190 g/mol. The maximum Gasteiger partial charge on any atom is 0.0748 e. The fourth-order valence-electron chi connectivity index (χ4n) is 1.60. The molecule has 0 atom stereocenters. The fourth-order valence-corrected chi connectivity index (χ4v) is 1.60. The first-order valence-corrected chi connectivity index (χ1v) is 5.12. The summed E-state index contributed by atoms with van der Waals surface area (Å²) < 4.78 is 0. The van der Waals surface area contributed by atoms with Crippen molar-refractivity contribution in [3.8, 4) is 0 Å². The number of likely N-dealkylation sites (N-methyl/N-ethyl adjacent to an activating group) is 1. The average molecular weight is 209 g/mol. The van der Waals surface area contributed by atoms with Crippen molar-refractivity contribution in [2.45, 2.75) is 19.9 Å². The summed E-state index contributed by atoms with van der Waals surface area (Å²) in [6.45, 7) is 3.97. The Morgan fingerprint density at radius 3 is 2.33 bits per heavy atom. The first-order valence-electron chi connectivity index (χ1n) is 5.12. The minimum Gasteiger partial charge on any atom is -0.394 e. The van der Waals surface area contributed by atoms with E-state index in [1.54, 1.807) is 0 Å². The van der Waals surface area contributed by atoms with Crippen molar-refractivity contribution in [3.63, 3.8) is 0 Å². The molecule has 1 rings (SSSR count). The van der Waals surface area contributed by atoms with Gasteiger partial charge in [0.05, 0.1) is 19.3 Å². The van der Waals surface area contributed by atoms with E-state index >= 15 is 0 Å².